The molecule has 0 atom stereocenters. The minimum Gasteiger partial charge on any atom is -0.491 e. The van der Waals surface area contributed by atoms with Gasteiger partial charge in [-0.15, -0.1) is 0 Å². The fourth-order valence-corrected chi connectivity index (χ4v) is 1.96. The number of rotatable bonds is 8. The summed E-state index contributed by atoms with van der Waals surface area (Å²) >= 11 is 0. The zero-order valence-electron chi connectivity index (χ0n) is 14.1. The Hall–Kier alpha value is -2.37. The number of amides is 1. The Balaban J connectivity index is 1.75. The van der Waals surface area contributed by atoms with E-state index in [-0.39, 0.29) is 5.91 Å². The van der Waals surface area contributed by atoms with Crippen molar-refractivity contribution < 1.29 is 14.3 Å². The second kappa shape index (κ2) is 8.47. The Morgan fingerprint density at radius 2 is 1.83 bits per heavy atom. The van der Waals surface area contributed by atoms with Gasteiger partial charge in [-0.1, -0.05) is 30.3 Å². The third-order valence-electron chi connectivity index (χ3n) is 3.28. The van der Waals surface area contributed by atoms with Crippen LogP contribution in [0.5, 0.6) is 5.75 Å². The molecule has 1 amide bonds. The van der Waals surface area contributed by atoms with Crippen LogP contribution in [0.15, 0.2) is 54.6 Å². The molecule has 0 aliphatic heterocycles. The summed E-state index contributed by atoms with van der Waals surface area (Å²) in [4.78, 5) is 11.9. The summed E-state index contributed by atoms with van der Waals surface area (Å²) in [7, 11) is 0. The molecule has 5 nitrogen and oxygen atoms in total. The molecule has 0 radical (unpaired) electrons. The number of nitrogens with one attached hydrogen (secondary N) is 1. The highest BCUT2D eigenvalue weighted by Gasteiger charge is 2.21. The third-order valence-corrected chi connectivity index (χ3v) is 3.28. The van der Waals surface area contributed by atoms with E-state index in [9.17, 15) is 4.79 Å². The van der Waals surface area contributed by atoms with Crippen LogP contribution in [0.1, 0.15) is 19.4 Å². The normalized spacial score (nSPS) is 11.1. The Morgan fingerprint density at radius 3 is 2.54 bits per heavy atom. The van der Waals surface area contributed by atoms with Crippen molar-refractivity contribution in [1.29, 1.82) is 0 Å². The Labute approximate surface area is 142 Å². The largest absolute Gasteiger partial charge is 0.491 e. The van der Waals surface area contributed by atoms with Crippen LogP contribution in [0, 0.1) is 0 Å². The first-order valence-electron chi connectivity index (χ1n) is 7.90. The number of hydrogen-bond acceptors (Lipinski definition) is 4. The average Bonchev–Trinajstić information content (AvgIpc) is 2.55. The summed E-state index contributed by atoms with van der Waals surface area (Å²) in [6.45, 7) is 4.76. The molecule has 2 rings (SSSR count). The highest BCUT2D eigenvalue weighted by molar-refractivity contribution is 5.97. The van der Waals surface area contributed by atoms with Gasteiger partial charge in [0.25, 0.3) is 0 Å². The van der Waals surface area contributed by atoms with Crippen molar-refractivity contribution in [2.45, 2.75) is 26.0 Å². The maximum Gasteiger partial charge on any atom is 0.243 e. The molecule has 0 heterocycles. The van der Waals surface area contributed by atoms with Gasteiger partial charge in [0.15, 0.2) is 0 Å². The first-order valence-corrected chi connectivity index (χ1v) is 7.90. The number of benzene rings is 2. The average molecular weight is 328 g/mol. The van der Waals surface area contributed by atoms with E-state index in [1.54, 1.807) is 13.8 Å². The summed E-state index contributed by atoms with van der Waals surface area (Å²) < 4.78 is 11.2. The van der Waals surface area contributed by atoms with Crippen LogP contribution in [-0.2, 0) is 16.1 Å². The van der Waals surface area contributed by atoms with Crippen molar-refractivity contribution in [1.82, 2.24) is 0 Å². The zero-order valence-corrected chi connectivity index (χ0v) is 14.1. The zero-order chi connectivity index (χ0) is 17.4. The van der Waals surface area contributed by atoms with Crippen molar-refractivity contribution >= 4 is 11.6 Å². The lowest BCUT2D eigenvalue weighted by Gasteiger charge is -2.18. The van der Waals surface area contributed by atoms with E-state index in [4.69, 9.17) is 15.2 Å². The smallest absolute Gasteiger partial charge is 0.243 e. The molecule has 0 aliphatic rings. The van der Waals surface area contributed by atoms with Crippen molar-refractivity contribution in [3.05, 3.63) is 60.2 Å². The molecule has 0 unspecified atom stereocenters. The SMILES string of the molecule is CC(C)(N)C(=O)Nc1cccc(COCCOc2ccccc2)c1. The van der Waals surface area contributed by atoms with Gasteiger partial charge in [0, 0.05) is 5.69 Å². The molecule has 3 N–H and O–H groups in total. The number of hydrogen-bond donors (Lipinski definition) is 2. The van der Waals surface area contributed by atoms with Crippen molar-refractivity contribution in [2.75, 3.05) is 18.5 Å². The molecule has 0 aromatic heterocycles. The maximum absolute atomic E-state index is 11.9. The van der Waals surface area contributed by atoms with Gasteiger partial charge < -0.3 is 20.5 Å². The topological polar surface area (TPSA) is 73.6 Å². The highest BCUT2D eigenvalue weighted by atomic mass is 16.5. The monoisotopic (exact) mass is 328 g/mol. The molecule has 2 aromatic carbocycles. The van der Waals surface area contributed by atoms with E-state index in [1.165, 1.54) is 0 Å². The van der Waals surface area contributed by atoms with E-state index in [1.807, 2.05) is 54.6 Å². The van der Waals surface area contributed by atoms with Gasteiger partial charge in [-0.3, -0.25) is 4.79 Å². The van der Waals surface area contributed by atoms with Crippen LogP contribution in [0.2, 0.25) is 0 Å². The molecule has 2 aromatic rings. The van der Waals surface area contributed by atoms with E-state index in [0.29, 0.717) is 25.5 Å². The van der Waals surface area contributed by atoms with Gasteiger partial charge in [-0.05, 0) is 43.7 Å². The number of anilines is 1. The lowest BCUT2D eigenvalue weighted by Crippen LogP contribution is -2.45. The maximum atomic E-state index is 11.9. The fourth-order valence-electron chi connectivity index (χ4n) is 1.96. The van der Waals surface area contributed by atoms with Gasteiger partial charge in [0.1, 0.15) is 12.4 Å². The van der Waals surface area contributed by atoms with Crippen molar-refractivity contribution in [3.63, 3.8) is 0 Å². The number of nitrogens with two attached hydrogens (primary N) is 1. The molecular formula is C19H24N2O3. The van der Waals surface area contributed by atoms with Gasteiger partial charge in [0.05, 0.1) is 18.8 Å². The highest BCUT2D eigenvalue weighted by Crippen LogP contribution is 2.13. The van der Waals surface area contributed by atoms with Gasteiger partial charge in [-0.25, -0.2) is 0 Å². The van der Waals surface area contributed by atoms with E-state index < -0.39 is 5.54 Å². The van der Waals surface area contributed by atoms with Crippen molar-refractivity contribution in [3.8, 4) is 5.75 Å². The molecular weight excluding hydrogens is 304 g/mol. The molecule has 24 heavy (non-hydrogen) atoms. The molecule has 0 spiro atoms. The van der Waals surface area contributed by atoms with Crippen LogP contribution in [0.3, 0.4) is 0 Å². The first kappa shape index (κ1) is 18.0. The summed E-state index contributed by atoms with van der Waals surface area (Å²) in [6.07, 6.45) is 0. The number of carbonyl (C=O) groups excluding carboxylic acids is 1. The number of carbonyl (C=O) groups is 1. The molecule has 0 fully saturated rings. The van der Waals surface area contributed by atoms with E-state index in [2.05, 4.69) is 5.32 Å². The van der Waals surface area contributed by atoms with Gasteiger partial charge in [-0.2, -0.15) is 0 Å². The molecule has 0 saturated carbocycles. The Morgan fingerprint density at radius 1 is 1.08 bits per heavy atom. The van der Waals surface area contributed by atoms with Crippen LogP contribution < -0.4 is 15.8 Å². The molecule has 128 valence electrons. The molecule has 0 aliphatic carbocycles. The summed E-state index contributed by atoms with van der Waals surface area (Å²) in [6, 6.07) is 17.1. The quantitative estimate of drug-likeness (QED) is 0.731. The Bertz CT molecular complexity index is 651. The summed E-state index contributed by atoms with van der Waals surface area (Å²) in [5.41, 5.74) is 6.54. The number of para-hydroxylation sites is 1. The summed E-state index contributed by atoms with van der Waals surface area (Å²) in [5.74, 6) is 0.604. The predicted octanol–water partition coefficient (Wildman–Crippen LogP) is 2.96. The minimum absolute atomic E-state index is 0.225. The van der Waals surface area contributed by atoms with Crippen LogP contribution >= 0.6 is 0 Å². The molecule has 0 bridgehead atoms. The predicted molar refractivity (Wildman–Crippen MR) is 94.9 cm³/mol. The molecule has 0 saturated heterocycles. The van der Waals surface area contributed by atoms with Crippen LogP contribution in [-0.4, -0.2) is 24.7 Å². The van der Waals surface area contributed by atoms with Gasteiger partial charge >= 0.3 is 0 Å². The number of ether oxygens (including phenoxy) is 2. The van der Waals surface area contributed by atoms with Crippen molar-refractivity contribution in [2.24, 2.45) is 5.73 Å². The van der Waals surface area contributed by atoms with Gasteiger partial charge in [0.2, 0.25) is 5.91 Å². The second-order valence-electron chi connectivity index (χ2n) is 6.09. The lowest BCUT2D eigenvalue weighted by molar-refractivity contribution is -0.120. The summed E-state index contributed by atoms with van der Waals surface area (Å²) in [5, 5.41) is 2.80. The van der Waals surface area contributed by atoms with Crippen LogP contribution in [0.25, 0.3) is 0 Å². The molecule has 5 heteroatoms. The van der Waals surface area contributed by atoms with E-state index in [0.717, 1.165) is 11.3 Å². The first-order chi connectivity index (χ1) is 11.4. The lowest BCUT2D eigenvalue weighted by atomic mass is 10.1. The fraction of sp³-hybridized carbons (Fsp3) is 0.316. The van der Waals surface area contributed by atoms with Crippen LogP contribution in [0.4, 0.5) is 5.69 Å². The third kappa shape index (κ3) is 6.02. The second-order valence-corrected chi connectivity index (χ2v) is 6.09. The minimum atomic E-state index is -0.915. The standard InChI is InChI=1S/C19H24N2O3/c1-19(2,20)18(22)21-16-8-6-7-15(13-16)14-23-11-12-24-17-9-4-3-5-10-17/h3-10,13H,11-12,14,20H2,1-2H3,(H,21,22). The van der Waals surface area contributed by atoms with E-state index >= 15 is 0 Å². The Kier molecular flexibility index (Phi) is 6.35.